The standard InChI is InChI=1S/C29H40ClN2O9P/c1-3-4-5-6-7-8-17-38-26(35)20(2)19-42(37,41-22-11-9-21(30)10-12-22)39-18-23-25(34)29(14-15-29)27(40-23)32-16-13-24(33)31-28(32)36/h9-13,16,20,23,25,27,34H,3-8,14-15,17-19H2,1-2H3,(H,31,33,36)/t20-,23-,25-,27-,42?/m1/s1. The summed E-state index contributed by atoms with van der Waals surface area (Å²) in [5, 5.41) is 11.6. The number of ether oxygens (including phenoxy) is 2. The smallest absolute Gasteiger partial charge is 0.380 e. The first-order valence-electron chi connectivity index (χ1n) is 14.6. The van der Waals surface area contributed by atoms with Crippen molar-refractivity contribution < 1.29 is 33.0 Å². The van der Waals surface area contributed by atoms with E-state index in [0.717, 1.165) is 32.1 Å². The van der Waals surface area contributed by atoms with Crippen LogP contribution >= 0.6 is 19.2 Å². The molecular formula is C29H40ClN2O9P. The molecule has 5 atom stereocenters. The van der Waals surface area contributed by atoms with Crippen LogP contribution in [0.4, 0.5) is 0 Å². The highest BCUT2D eigenvalue weighted by Crippen LogP contribution is 2.62. The lowest BCUT2D eigenvalue weighted by molar-refractivity contribution is -0.147. The number of unbranched alkanes of at least 4 members (excludes halogenated alkanes) is 5. The van der Waals surface area contributed by atoms with Gasteiger partial charge in [-0.3, -0.25) is 23.7 Å². The fourth-order valence-corrected chi connectivity index (χ4v) is 7.23. The van der Waals surface area contributed by atoms with Crippen LogP contribution in [0.15, 0.2) is 46.1 Å². The molecule has 0 radical (unpaired) electrons. The highest BCUT2D eigenvalue weighted by atomic mass is 35.5. The largest absolute Gasteiger partial charge is 0.465 e. The minimum absolute atomic E-state index is 0.236. The number of H-pyrrole nitrogens is 1. The number of esters is 1. The Morgan fingerprint density at radius 3 is 2.52 bits per heavy atom. The number of nitrogens with zero attached hydrogens (tertiary/aromatic N) is 1. The van der Waals surface area contributed by atoms with Gasteiger partial charge in [0.25, 0.3) is 5.56 Å². The van der Waals surface area contributed by atoms with E-state index in [0.29, 0.717) is 17.9 Å². The predicted molar refractivity (Wildman–Crippen MR) is 157 cm³/mol. The molecule has 1 saturated heterocycles. The molecule has 2 fully saturated rings. The summed E-state index contributed by atoms with van der Waals surface area (Å²) < 4.78 is 38.4. The SMILES string of the molecule is CCCCCCCCOC(=O)[C@H](C)CP(=O)(OC[C@H]1O[C@@H](n2ccc(=O)[nH]c2=O)C2(CC2)[C@@H]1O)Oc1ccc(Cl)cc1. The third kappa shape index (κ3) is 8.14. The molecule has 2 heterocycles. The summed E-state index contributed by atoms with van der Waals surface area (Å²) in [7, 11) is -3.98. The molecule has 1 aliphatic carbocycles. The van der Waals surface area contributed by atoms with Crippen molar-refractivity contribution in [3.8, 4) is 5.75 Å². The van der Waals surface area contributed by atoms with Gasteiger partial charge in [-0.1, -0.05) is 57.6 Å². The number of benzene rings is 1. The van der Waals surface area contributed by atoms with Crippen molar-refractivity contribution in [3.63, 3.8) is 0 Å². The number of carbonyl (C=O) groups excluding carboxylic acids is 1. The van der Waals surface area contributed by atoms with Gasteiger partial charge in [-0.05, 0) is 43.5 Å². The monoisotopic (exact) mass is 626 g/mol. The first-order valence-corrected chi connectivity index (χ1v) is 16.7. The number of hydrogen-bond acceptors (Lipinski definition) is 9. The molecule has 2 N–H and O–H groups in total. The van der Waals surface area contributed by atoms with Crippen molar-refractivity contribution in [1.82, 2.24) is 9.55 Å². The molecule has 1 unspecified atom stereocenters. The topological polar surface area (TPSA) is 146 Å². The number of aliphatic hydroxyl groups is 1. The molecule has 4 rings (SSSR count). The molecule has 2 aliphatic rings. The van der Waals surface area contributed by atoms with E-state index in [1.54, 1.807) is 31.2 Å². The maximum absolute atomic E-state index is 14.0. The van der Waals surface area contributed by atoms with Gasteiger partial charge < -0.3 is 19.1 Å². The number of halogens is 1. The van der Waals surface area contributed by atoms with E-state index >= 15 is 0 Å². The van der Waals surface area contributed by atoms with Crippen LogP contribution in [0, 0.1) is 11.3 Å². The fourth-order valence-electron chi connectivity index (χ4n) is 5.23. The molecule has 2 aromatic rings. The van der Waals surface area contributed by atoms with Gasteiger partial charge >= 0.3 is 19.3 Å². The van der Waals surface area contributed by atoms with Crippen LogP contribution in [-0.2, 0) is 23.4 Å². The third-order valence-electron chi connectivity index (χ3n) is 7.80. The molecule has 1 aromatic heterocycles. The zero-order valence-corrected chi connectivity index (χ0v) is 25.7. The number of carbonyl (C=O) groups is 1. The number of rotatable bonds is 16. The van der Waals surface area contributed by atoms with Gasteiger partial charge in [0.05, 0.1) is 31.4 Å². The van der Waals surface area contributed by atoms with E-state index in [2.05, 4.69) is 11.9 Å². The summed E-state index contributed by atoms with van der Waals surface area (Å²) in [5.41, 5.74) is -1.93. The third-order valence-corrected chi connectivity index (χ3v) is 10.1. The number of aromatic nitrogens is 2. The molecule has 11 nitrogen and oxygen atoms in total. The maximum atomic E-state index is 14.0. The lowest BCUT2D eigenvalue weighted by Crippen LogP contribution is -2.35. The molecule has 232 valence electrons. The van der Waals surface area contributed by atoms with E-state index in [1.165, 1.54) is 23.3 Å². The Morgan fingerprint density at radius 1 is 1.17 bits per heavy atom. The van der Waals surface area contributed by atoms with Crippen molar-refractivity contribution in [1.29, 1.82) is 0 Å². The first-order chi connectivity index (χ1) is 20.1. The van der Waals surface area contributed by atoms with Crippen molar-refractivity contribution in [3.05, 3.63) is 62.4 Å². The zero-order valence-electron chi connectivity index (χ0n) is 24.0. The Bertz CT molecular complexity index is 1360. The number of hydrogen-bond donors (Lipinski definition) is 2. The molecule has 1 aliphatic heterocycles. The Morgan fingerprint density at radius 2 is 1.86 bits per heavy atom. The molecule has 13 heteroatoms. The second-order valence-corrected chi connectivity index (χ2v) is 13.7. The van der Waals surface area contributed by atoms with Crippen molar-refractivity contribution in [2.45, 2.75) is 83.6 Å². The molecule has 1 aromatic carbocycles. The molecule has 1 saturated carbocycles. The van der Waals surface area contributed by atoms with Crippen LogP contribution in [0.1, 0.15) is 71.4 Å². The van der Waals surface area contributed by atoms with E-state index in [-0.39, 0.29) is 25.1 Å². The van der Waals surface area contributed by atoms with Crippen LogP contribution < -0.4 is 15.8 Å². The van der Waals surface area contributed by atoms with Gasteiger partial charge in [-0.25, -0.2) is 9.36 Å². The quantitative estimate of drug-likeness (QED) is 0.148. The molecule has 0 amide bonds. The van der Waals surface area contributed by atoms with Crippen molar-refractivity contribution >= 4 is 25.2 Å². The summed E-state index contributed by atoms with van der Waals surface area (Å²) in [6, 6.07) is 7.44. The predicted octanol–water partition coefficient (Wildman–Crippen LogP) is 5.06. The lowest BCUT2D eigenvalue weighted by Gasteiger charge is -2.24. The summed E-state index contributed by atoms with van der Waals surface area (Å²) in [4.78, 5) is 38.9. The van der Waals surface area contributed by atoms with E-state index < -0.39 is 54.6 Å². The fraction of sp³-hybridized carbons (Fsp3) is 0.621. The average Bonchev–Trinajstić information content (AvgIpc) is 3.71. The maximum Gasteiger partial charge on any atom is 0.380 e. The number of nitrogens with one attached hydrogen (secondary N) is 1. The van der Waals surface area contributed by atoms with Gasteiger partial charge in [0.1, 0.15) is 18.1 Å². The Balaban J connectivity index is 1.41. The minimum atomic E-state index is -3.98. The van der Waals surface area contributed by atoms with Crippen LogP contribution in [0.25, 0.3) is 0 Å². The molecular weight excluding hydrogens is 587 g/mol. The average molecular weight is 627 g/mol. The second kappa shape index (κ2) is 14.4. The number of aromatic amines is 1. The molecule has 42 heavy (non-hydrogen) atoms. The summed E-state index contributed by atoms with van der Waals surface area (Å²) in [6.07, 6.45) is 5.80. The van der Waals surface area contributed by atoms with Gasteiger partial charge in [0.2, 0.25) is 0 Å². The summed E-state index contributed by atoms with van der Waals surface area (Å²) in [5.74, 6) is -1.06. The van der Waals surface area contributed by atoms with Crippen LogP contribution in [0.5, 0.6) is 5.75 Å². The van der Waals surface area contributed by atoms with Gasteiger partial charge in [-0.2, -0.15) is 0 Å². The van der Waals surface area contributed by atoms with Gasteiger partial charge in [-0.15, -0.1) is 0 Å². The molecule has 0 bridgehead atoms. The highest BCUT2D eigenvalue weighted by molar-refractivity contribution is 7.54. The second-order valence-electron chi connectivity index (χ2n) is 11.2. The van der Waals surface area contributed by atoms with Gasteiger partial charge in [0, 0.05) is 22.7 Å². The van der Waals surface area contributed by atoms with Crippen molar-refractivity contribution in [2.75, 3.05) is 19.4 Å². The molecule has 1 spiro atoms. The first kappa shape index (κ1) is 32.5. The minimum Gasteiger partial charge on any atom is -0.465 e. The Kier molecular flexibility index (Phi) is 11.1. The zero-order chi connectivity index (χ0) is 30.3. The normalized spacial score (nSPS) is 22.9. The summed E-state index contributed by atoms with van der Waals surface area (Å²) in [6.45, 7) is 3.72. The van der Waals surface area contributed by atoms with Crippen LogP contribution in [0.2, 0.25) is 5.02 Å². The highest BCUT2D eigenvalue weighted by Gasteiger charge is 2.64. The number of aliphatic hydroxyl groups excluding tert-OH is 1. The van der Waals surface area contributed by atoms with Crippen molar-refractivity contribution in [2.24, 2.45) is 11.3 Å². The van der Waals surface area contributed by atoms with E-state index in [1.807, 2.05) is 0 Å². The van der Waals surface area contributed by atoms with Crippen LogP contribution in [-0.4, -0.2) is 52.2 Å². The van der Waals surface area contributed by atoms with Crippen LogP contribution in [0.3, 0.4) is 0 Å². The van der Waals surface area contributed by atoms with Gasteiger partial charge in [0.15, 0.2) is 0 Å². The summed E-state index contributed by atoms with van der Waals surface area (Å²) >= 11 is 5.98. The Labute approximate surface area is 250 Å². The van der Waals surface area contributed by atoms with E-state index in [9.17, 15) is 24.1 Å². The lowest BCUT2D eigenvalue weighted by atomic mass is 9.96. The van der Waals surface area contributed by atoms with E-state index in [4.69, 9.17) is 30.1 Å². The Hall–Kier alpha value is -2.43.